The zero-order valence-electron chi connectivity index (χ0n) is 17.7. The first-order valence-corrected chi connectivity index (χ1v) is 9.92. The van der Waals surface area contributed by atoms with E-state index in [-0.39, 0.29) is 18.0 Å². The third-order valence-electron chi connectivity index (χ3n) is 5.17. The minimum atomic E-state index is -0.684. The Balaban J connectivity index is 0.00000289. The quantitative estimate of drug-likeness (QED) is 0.194. The van der Waals surface area contributed by atoms with Gasteiger partial charge in [0.25, 0.3) is 0 Å². The summed E-state index contributed by atoms with van der Waals surface area (Å²) in [5.74, 6) is 0.0440. The summed E-state index contributed by atoms with van der Waals surface area (Å²) in [5, 5.41) is 0.632. The zero-order chi connectivity index (χ0) is 21.8. The van der Waals surface area contributed by atoms with Gasteiger partial charge in [-0.05, 0) is 36.3 Å². The van der Waals surface area contributed by atoms with E-state index in [1.165, 1.54) is 30.4 Å². The molecule has 0 bridgehead atoms. The highest BCUT2D eigenvalue weighted by molar-refractivity contribution is 6.08. The smallest absolute Gasteiger partial charge is 0.347 e. The van der Waals surface area contributed by atoms with E-state index in [9.17, 15) is 9.59 Å². The summed E-state index contributed by atoms with van der Waals surface area (Å²) >= 11 is 0. The van der Waals surface area contributed by atoms with Crippen LogP contribution in [0.1, 0.15) is 27.0 Å². The lowest BCUT2D eigenvalue weighted by molar-refractivity contribution is -0.688. The molecule has 4 aromatic rings. The molecule has 32 heavy (non-hydrogen) atoms. The van der Waals surface area contributed by atoms with Crippen LogP contribution in [0.15, 0.2) is 88.3 Å². The van der Waals surface area contributed by atoms with Crippen LogP contribution in [-0.2, 0) is 6.54 Å². The molecule has 2 heterocycles. The number of hydrogen-bond donors (Lipinski definition) is 0. The summed E-state index contributed by atoms with van der Waals surface area (Å²) in [7, 11) is 1.50. The minimum absolute atomic E-state index is 0. The van der Waals surface area contributed by atoms with Gasteiger partial charge < -0.3 is 21.6 Å². The third kappa shape index (κ3) is 4.95. The van der Waals surface area contributed by atoms with E-state index >= 15 is 0 Å². The molecule has 2 aromatic carbocycles. The van der Waals surface area contributed by atoms with Gasteiger partial charge in [0.05, 0.1) is 7.11 Å². The van der Waals surface area contributed by atoms with Crippen molar-refractivity contribution in [2.75, 3.05) is 7.11 Å². The number of ether oxygens (including phenoxy) is 1. The molecule has 2 aromatic heterocycles. The van der Waals surface area contributed by atoms with Crippen molar-refractivity contribution < 1.29 is 30.9 Å². The fourth-order valence-corrected chi connectivity index (χ4v) is 3.38. The summed E-state index contributed by atoms with van der Waals surface area (Å²) in [5.41, 5.74) is 3.00. The van der Waals surface area contributed by atoms with Gasteiger partial charge in [-0.1, -0.05) is 42.5 Å². The molecule has 0 radical (unpaired) electrons. The van der Waals surface area contributed by atoms with Gasteiger partial charge >= 0.3 is 5.63 Å². The third-order valence-corrected chi connectivity index (χ3v) is 5.17. The molecule has 0 atom stereocenters. The molecule has 0 saturated carbocycles. The zero-order valence-corrected chi connectivity index (χ0v) is 18.5. The number of fused-ring (bicyclic) bond motifs is 1. The maximum atomic E-state index is 12.6. The number of ketones is 1. The predicted octanol–water partition coefficient (Wildman–Crippen LogP) is 1.35. The number of hydrogen-bond acceptors (Lipinski definition) is 4. The molecule has 0 aliphatic heterocycles. The summed E-state index contributed by atoms with van der Waals surface area (Å²) in [4.78, 5) is 24.9. The van der Waals surface area contributed by atoms with Gasteiger partial charge in [-0.2, -0.15) is 0 Å². The van der Waals surface area contributed by atoms with Gasteiger partial charge in [0.2, 0.25) is 0 Å². The topological polar surface area (TPSA) is 60.4 Å². The Hall–Kier alpha value is -3.70. The van der Waals surface area contributed by atoms with E-state index in [0.29, 0.717) is 16.7 Å². The predicted molar refractivity (Wildman–Crippen MR) is 119 cm³/mol. The van der Waals surface area contributed by atoms with Gasteiger partial charge in [0.15, 0.2) is 36.1 Å². The Labute approximate surface area is 192 Å². The van der Waals surface area contributed by atoms with Crippen molar-refractivity contribution >= 4 is 22.8 Å². The fourth-order valence-electron chi connectivity index (χ4n) is 3.38. The highest BCUT2D eigenvalue weighted by atomic mass is 35.5. The van der Waals surface area contributed by atoms with Crippen LogP contribution in [-0.4, -0.2) is 12.9 Å². The van der Waals surface area contributed by atoms with Crippen LogP contribution in [0.5, 0.6) is 5.75 Å². The standard InChI is InChI=1S/C26H22NO4.ClH/c1-18-6-3-4-7-21(18)17-27-14-12-19(13-15-27)10-11-23(28)22-16-20-8-5-9-24(30-2)25(20)31-26(22)29;/h3-16H,17H2,1-2H3;1H/q+1;/p-1/b11-10+;. The lowest BCUT2D eigenvalue weighted by Gasteiger charge is -2.04. The molecular formula is C26H22ClNO4. The molecule has 4 rings (SSSR count). The Morgan fingerprint density at radius 1 is 1.06 bits per heavy atom. The number of nitrogens with zero attached hydrogens (tertiary/aromatic N) is 1. The van der Waals surface area contributed by atoms with Crippen molar-refractivity contribution in [3.63, 3.8) is 0 Å². The lowest BCUT2D eigenvalue weighted by atomic mass is 10.1. The molecule has 0 fully saturated rings. The minimum Gasteiger partial charge on any atom is -1.00 e. The molecule has 0 saturated heterocycles. The second-order valence-corrected chi connectivity index (χ2v) is 7.25. The number of aromatic nitrogens is 1. The number of halogens is 1. The van der Waals surface area contributed by atoms with Crippen LogP contribution in [0.4, 0.5) is 0 Å². The largest absolute Gasteiger partial charge is 1.00 e. The number of pyridine rings is 1. The number of para-hydroxylation sites is 1. The van der Waals surface area contributed by atoms with E-state index in [2.05, 4.69) is 23.6 Å². The summed E-state index contributed by atoms with van der Waals surface area (Å²) in [6.45, 7) is 2.87. The summed E-state index contributed by atoms with van der Waals surface area (Å²) < 4.78 is 12.6. The van der Waals surface area contributed by atoms with Gasteiger partial charge in [-0.25, -0.2) is 9.36 Å². The van der Waals surface area contributed by atoms with Crippen LogP contribution in [0, 0.1) is 6.92 Å². The molecule has 162 valence electrons. The molecule has 0 amide bonds. The van der Waals surface area contributed by atoms with Gasteiger partial charge in [0.1, 0.15) is 5.56 Å². The highest BCUT2D eigenvalue weighted by Gasteiger charge is 2.13. The number of carbonyl (C=O) groups is 1. The van der Waals surface area contributed by atoms with Crippen LogP contribution < -0.4 is 27.3 Å². The van der Waals surface area contributed by atoms with Crippen LogP contribution in [0.25, 0.3) is 17.0 Å². The Kier molecular flexibility index (Phi) is 7.23. The van der Waals surface area contributed by atoms with Gasteiger partial charge in [-0.3, -0.25) is 4.79 Å². The van der Waals surface area contributed by atoms with Crippen LogP contribution in [0.3, 0.4) is 0 Å². The maximum absolute atomic E-state index is 12.6. The second kappa shape index (κ2) is 10.1. The first-order chi connectivity index (χ1) is 15.0. The Morgan fingerprint density at radius 2 is 1.81 bits per heavy atom. The van der Waals surface area contributed by atoms with Crippen molar-refractivity contribution in [3.05, 3.63) is 112 Å². The second-order valence-electron chi connectivity index (χ2n) is 7.25. The van der Waals surface area contributed by atoms with Crippen LogP contribution >= 0.6 is 0 Å². The normalized spacial score (nSPS) is 10.8. The van der Waals surface area contributed by atoms with Gasteiger partial charge in [0, 0.05) is 23.1 Å². The number of methoxy groups -OCH3 is 1. The fraction of sp³-hybridized carbons (Fsp3) is 0.115. The number of carbonyl (C=O) groups excluding carboxylic acids is 1. The van der Waals surface area contributed by atoms with E-state index in [0.717, 1.165) is 12.1 Å². The van der Waals surface area contributed by atoms with Crippen molar-refractivity contribution in [1.29, 1.82) is 0 Å². The number of allylic oxidation sites excluding steroid dienone is 1. The van der Waals surface area contributed by atoms with Crippen molar-refractivity contribution in [1.82, 2.24) is 0 Å². The number of benzene rings is 2. The lowest BCUT2D eigenvalue weighted by Crippen LogP contribution is -3.00. The molecule has 0 N–H and O–H groups in total. The van der Waals surface area contributed by atoms with E-state index in [1.54, 1.807) is 24.3 Å². The van der Waals surface area contributed by atoms with Gasteiger partial charge in [-0.15, -0.1) is 0 Å². The molecule has 6 heteroatoms. The molecular weight excluding hydrogens is 426 g/mol. The Morgan fingerprint density at radius 3 is 2.53 bits per heavy atom. The summed E-state index contributed by atoms with van der Waals surface area (Å²) in [6, 6.07) is 18.9. The van der Waals surface area contributed by atoms with E-state index in [1.807, 2.05) is 36.7 Å². The number of aryl methyl sites for hydroxylation is 1. The monoisotopic (exact) mass is 447 g/mol. The molecule has 0 spiro atoms. The SMILES string of the molecule is COc1cccc2cc(C(=O)/C=C/c3cc[n+](Cc4ccccc4C)cc3)c(=O)oc12.[Cl-]. The maximum Gasteiger partial charge on any atom is 0.347 e. The first-order valence-electron chi connectivity index (χ1n) is 9.92. The highest BCUT2D eigenvalue weighted by Crippen LogP contribution is 2.24. The van der Waals surface area contributed by atoms with E-state index in [4.69, 9.17) is 9.15 Å². The first kappa shape index (κ1) is 23.0. The van der Waals surface area contributed by atoms with Crippen LogP contribution in [0.2, 0.25) is 0 Å². The average molecular weight is 448 g/mol. The molecule has 0 aliphatic carbocycles. The van der Waals surface area contributed by atoms with Crippen molar-refractivity contribution in [2.45, 2.75) is 13.5 Å². The molecule has 0 unspecified atom stereocenters. The van der Waals surface area contributed by atoms with Crippen molar-refractivity contribution in [3.8, 4) is 5.75 Å². The van der Waals surface area contributed by atoms with Crippen molar-refractivity contribution in [2.24, 2.45) is 0 Å². The average Bonchev–Trinajstić information content (AvgIpc) is 2.79. The molecule has 5 nitrogen and oxygen atoms in total. The summed E-state index contributed by atoms with van der Waals surface area (Å²) in [6.07, 6.45) is 7.01. The number of rotatable bonds is 6. The Bertz CT molecular complexity index is 1340. The molecule has 0 aliphatic rings. The van der Waals surface area contributed by atoms with E-state index < -0.39 is 11.4 Å².